The zero-order chi connectivity index (χ0) is 21.3. The first kappa shape index (κ1) is 19.7. The third-order valence-corrected chi connectivity index (χ3v) is 5.02. The quantitative estimate of drug-likeness (QED) is 0.691. The van der Waals surface area contributed by atoms with Crippen LogP contribution in [0.2, 0.25) is 0 Å². The molecule has 1 aromatic heterocycles. The maximum atomic E-state index is 14.1. The molecule has 0 saturated heterocycles. The summed E-state index contributed by atoms with van der Waals surface area (Å²) in [6.07, 6.45) is 1.71. The van der Waals surface area contributed by atoms with E-state index in [0.717, 1.165) is 5.56 Å². The van der Waals surface area contributed by atoms with Gasteiger partial charge in [-0.25, -0.2) is 13.5 Å². The highest BCUT2D eigenvalue weighted by atomic mass is 19.1. The lowest BCUT2D eigenvalue weighted by Gasteiger charge is -2.20. The largest absolute Gasteiger partial charge is 0.338 e. The first-order valence-electron chi connectivity index (χ1n) is 9.44. The summed E-state index contributed by atoms with van der Waals surface area (Å²) in [5, 5.41) is 12.9. The van der Waals surface area contributed by atoms with Gasteiger partial charge in [-0.15, -0.1) is 5.10 Å². The number of carbonyl (C=O) groups excluding carboxylic acids is 2. The Morgan fingerprint density at radius 2 is 2.03 bits per heavy atom. The van der Waals surface area contributed by atoms with Gasteiger partial charge in [0.25, 0.3) is 5.91 Å². The number of hydrogen-bond donors (Lipinski definition) is 2. The molecule has 1 aliphatic rings. The molecule has 4 rings (SSSR count). The highest BCUT2D eigenvalue weighted by molar-refractivity contribution is 6.01. The Hall–Kier alpha value is -3.62. The van der Waals surface area contributed by atoms with E-state index < -0.39 is 35.4 Å². The molecule has 1 aliphatic heterocycles. The molecule has 2 heterocycles. The van der Waals surface area contributed by atoms with Crippen LogP contribution in [0.15, 0.2) is 48.7 Å². The van der Waals surface area contributed by atoms with Crippen molar-refractivity contribution >= 4 is 17.5 Å². The number of aromatic nitrogens is 3. The smallest absolute Gasteiger partial charge is 0.274 e. The van der Waals surface area contributed by atoms with Crippen molar-refractivity contribution in [3.05, 3.63) is 77.1 Å². The van der Waals surface area contributed by atoms with Gasteiger partial charge in [-0.3, -0.25) is 9.59 Å². The monoisotopic (exact) mass is 411 g/mol. The van der Waals surface area contributed by atoms with Crippen LogP contribution < -0.4 is 10.6 Å². The number of nitrogens with one attached hydrogen (secondary N) is 2. The van der Waals surface area contributed by atoms with Gasteiger partial charge in [0.05, 0.1) is 18.4 Å². The Balaban J connectivity index is 1.48. The van der Waals surface area contributed by atoms with Gasteiger partial charge in [0, 0.05) is 6.07 Å². The molecule has 0 radical (unpaired) electrons. The fourth-order valence-corrected chi connectivity index (χ4v) is 3.53. The van der Waals surface area contributed by atoms with E-state index in [4.69, 9.17) is 0 Å². The van der Waals surface area contributed by atoms with E-state index in [1.807, 2.05) is 30.3 Å². The number of anilines is 1. The lowest BCUT2D eigenvalue weighted by Crippen LogP contribution is -2.47. The van der Waals surface area contributed by atoms with Crippen LogP contribution in [-0.4, -0.2) is 32.9 Å². The Morgan fingerprint density at radius 1 is 1.27 bits per heavy atom. The molecule has 0 spiro atoms. The first-order valence-corrected chi connectivity index (χ1v) is 9.44. The standard InChI is InChI=1S/C21H19F2N5O2/c1-12-7-14-8-15(22)9-16(23)19(14)25-21(30)18(12)24-20(29)17-11-28(27-26-17)10-13-5-3-2-4-6-13/h2-6,8-9,11-12,18H,7,10H2,1H3,(H,24,29)(H,25,30)/t12-,18-/m1/s1. The molecule has 0 aliphatic carbocycles. The predicted octanol–water partition coefficient (Wildman–Crippen LogP) is 2.53. The van der Waals surface area contributed by atoms with Crippen LogP contribution >= 0.6 is 0 Å². The molecule has 2 atom stereocenters. The second-order valence-corrected chi connectivity index (χ2v) is 7.33. The Morgan fingerprint density at radius 3 is 2.80 bits per heavy atom. The van der Waals surface area contributed by atoms with E-state index in [1.54, 1.807) is 6.92 Å². The molecule has 3 aromatic rings. The lowest BCUT2D eigenvalue weighted by molar-refractivity contribution is -0.118. The van der Waals surface area contributed by atoms with Crippen LogP contribution in [0.5, 0.6) is 0 Å². The number of halogens is 2. The molecule has 30 heavy (non-hydrogen) atoms. The molecule has 2 aromatic carbocycles. The minimum absolute atomic E-state index is 0.0567. The van der Waals surface area contributed by atoms with E-state index in [1.165, 1.54) is 16.9 Å². The minimum Gasteiger partial charge on any atom is -0.338 e. The van der Waals surface area contributed by atoms with Gasteiger partial charge in [0.1, 0.15) is 17.7 Å². The van der Waals surface area contributed by atoms with Crippen LogP contribution in [-0.2, 0) is 17.8 Å². The minimum atomic E-state index is -0.938. The van der Waals surface area contributed by atoms with Gasteiger partial charge in [-0.1, -0.05) is 42.5 Å². The zero-order valence-electron chi connectivity index (χ0n) is 16.1. The molecule has 2 amide bonds. The number of carbonyl (C=O) groups is 2. The van der Waals surface area contributed by atoms with Crippen molar-refractivity contribution in [1.82, 2.24) is 20.3 Å². The fourth-order valence-electron chi connectivity index (χ4n) is 3.53. The van der Waals surface area contributed by atoms with Crippen molar-refractivity contribution in [3.8, 4) is 0 Å². The van der Waals surface area contributed by atoms with E-state index in [-0.39, 0.29) is 17.8 Å². The molecular weight excluding hydrogens is 392 g/mol. The van der Waals surface area contributed by atoms with E-state index in [2.05, 4.69) is 20.9 Å². The van der Waals surface area contributed by atoms with Crippen molar-refractivity contribution < 1.29 is 18.4 Å². The summed E-state index contributed by atoms with van der Waals surface area (Å²) in [5.74, 6) is -3.10. The molecule has 2 N–H and O–H groups in total. The molecule has 0 fully saturated rings. The Bertz CT molecular complexity index is 1100. The molecule has 0 unspecified atom stereocenters. The maximum Gasteiger partial charge on any atom is 0.274 e. The molecule has 7 nitrogen and oxygen atoms in total. The van der Waals surface area contributed by atoms with Gasteiger partial charge in [0.2, 0.25) is 5.91 Å². The van der Waals surface area contributed by atoms with Crippen LogP contribution in [0.3, 0.4) is 0 Å². The summed E-state index contributed by atoms with van der Waals surface area (Å²) in [6.45, 7) is 2.18. The van der Waals surface area contributed by atoms with Gasteiger partial charge < -0.3 is 10.6 Å². The van der Waals surface area contributed by atoms with Crippen molar-refractivity contribution in [2.75, 3.05) is 5.32 Å². The van der Waals surface area contributed by atoms with Crippen LogP contribution in [0.4, 0.5) is 14.5 Å². The van der Waals surface area contributed by atoms with E-state index in [0.29, 0.717) is 18.2 Å². The maximum absolute atomic E-state index is 14.1. The number of benzene rings is 2. The summed E-state index contributed by atoms with van der Waals surface area (Å²) in [4.78, 5) is 25.2. The van der Waals surface area contributed by atoms with Gasteiger partial charge in [-0.2, -0.15) is 0 Å². The van der Waals surface area contributed by atoms with Crippen molar-refractivity contribution in [1.29, 1.82) is 0 Å². The second kappa shape index (κ2) is 8.02. The molecule has 154 valence electrons. The molecule has 0 saturated carbocycles. The zero-order valence-corrected chi connectivity index (χ0v) is 16.1. The molecular formula is C21H19F2N5O2. The van der Waals surface area contributed by atoms with Crippen molar-refractivity contribution in [2.24, 2.45) is 5.92 Å². The first-order chi connectivity index (χ1) is 14.4. The summed E-state index contributed by atoms with van der Waals surface area (Å²) in [7, 11) is 0. The van der Waals surface area contributed by atoms with Crippen LogP contribution in [0.1, 0.15) is 28.5 Å². The number of amides is 2. The topological polar surface area (TPSA) is 88.9 Å². The summed E-state index contributed by atoms with van der Waals surface area (Å²) in [6, 6.07) is 10.5. The summed E-state index contributed by atoms with van der Waals surface area (Å²) < 4.78 is 29.2. The number of nitrogens with zero attached hydrogens (tertiary/aromatic N) is 3. The van der Waals surface area contributed by atoms with Gasteiger partial charge >= 0.3 is 0 Å². The van der Waals surface area contributed by atoms with Crippen molar-refractivity contribution in [3.63, 3.8) is 0 Å². The lowest BCUT2D eigenvalue weighted by atomic mass is 9.94. The van der Waals surface area contributed by atoms with Crippen LogP contribution in [0.25, 0.3) is 0 Å². The van der Waals surface area contributed by atoms with Gasteiger partial charge in [-0.05, 0) is 29.5 Å². The summed E-state index contributed by atoms with van der Waals surface area (Å²) in [5.41, 5.74) is 1.35. The van der Waals surface area contributed by atoms with Crippen LogP contribution in [0, 0.1) is 17.6 Å². The number of fused-ring (bicyclic) bond motifs is 1. The Labute approximate surface area is 171 Å². The fraction of sp³-hybridized carbons (Fsp3) is 0.238. The highest BCUT2D eigenvalue weighted by Gasteiger charge is 2.33. The number of rotatable bonds is 4. The Kier molecular flexibility index (Phi) is 5.26. The predicted molar refractivity (Wildman–Crippen MR) is 105 cm³/mol. The third kappa shape index (κ3) is 4.05. The molecule has 0 bridgehead atoms. The van der Waals surface area contributed by atoms with E-state index >= 15 is 0 Å². The average molecular weight is 411 g/mol. The second-order valence-electron chi connectivity index (χ2n) is 7.33. The normalized spacial score (nSPS) is 18.3. The van der Waals surface area contributed by atoms with Gasteiger partial charge in [0.15, 0.2) is 5.69 Å². The SMILES string of the molecule is C[C@@H]1Cc2cc(F)cc(F)c2NC(=O)[C@@H]1NC(=O)c1cn(Cc2ccccc2)nn1. The molecule has 9 heteroatoms. The third-order valence-electron chi connectivity index (χ3n) is 5.02. The summed E-state index contributed by atoms with van der Waals surface area (Å²) >= 11 is 0. The highest BCUT2D eigenvalue weighted by Crippen LogP contribution is 2.29. The number of hydrogen-bond acceptors (Lipinski definition) is 4. The van der Waals surface area contributed by atoms with E-state index in [9.17, 15) is 18.4 Å². The van der Waals surface area contributed by atoms with Crippen molar-refractivity contribution in [2.45, 2.75) is 25.9 Å². The average Bonchev–Trinajstić information content (AvgIpc) is 3.13.